The van der Waals surface area contributed by atoms with E-state index in [9.17, 15) is 9.59 Å². The normalized spacial score (nSPS) is 19.7. The zero-order valence-electron chi connectivity index (χ0n) is 18.4. The van der Waals surface area contributed by atoms with Gasteiger partial charge in [-0.15, -0.1) is 0 Å². The highest BCUT2D eigenvalue weighted by molar-refractivity contribution is 5.96. The molecule has 2 N–H and O–H groups in total. The highest BCUT2D eigenvalue weighted by Gasteiger charge is 2.25. The minimum Gasteiger partial charge on any atom is -0.444 e. The maximum atomic E-state index is 12.8. The molecule has 8 heteroatoms. The van der Waals surface area contributed by atoms with Gasteiger partial charge in [0, 0.05) is 24.7 Å². The van der Waals surface area contributed by atoms with E-state index >= 15 is 0 Å². The summed E-state index contributed by atoms with van der Waals surface area (Å²) in [7, 11) is 1.84. The molecule has 2 atom stereocenters. The number of nitrogens with one attached hydrogen (secondary N) is 2. The summed E-state index contributed by atoms with van der Waals surface area (Å²) >= 11 is 0. The minimum atomic E-state index is -0.584. The van der Waals surface area contributed by atoms with Crippen molar-refractivity contribution >= 4 is 17.7 Å². The molecule has 2 amide bonds. The van der Waals surface area contributed by atoms with Crippen LogP contribution < -0.4 is 10.6 Å². The van der Waals surface area contributed by atoms with E-state index in [1.807, 2.05) is 46.9 Å². The third-order valence-corrected chi connectivity index (χ3v) is 5.21. The number of aromatic nitrogens is 3. The number of ether oxygens (including phenoxy) is 1. The monoisotopic (exact) mass is 413 g/mol. The number of fused-ring (bicyclic) bond motifs is 4. The van der Waals surface area contributed by atoms with E-state index < -0.39 is 11.7 Å². The van der Waals surface area contributed by atoms with Gasteiger partial charge in [-0.3, -0.25) is 14.5 Å². The fourth-order valence-electron chi connectivity index (χ4n) is 3.73. The van der Waals surface area contributed by atoms with Gasteiger partial charge < -0.3 is 15.4 Å². The number of alkyl carbamates (subject to hydrolysis) is 1. The predicted octanol–water partition coefficient (Wildman–Crippen LogP) is 4.20. The molecule has 0 saturated heterocycles. The summed E-state index contributed by atoms with van der Waals surface area (Å²) in [5, 5.41) is 10.3. The van der Waals surface area contributed by atoms with E-state index in [4.69, 9.17) is 4.74 Å². The van der Waals surface area contributed by atoms with Crippen LogP contribution in [0.2, 0.25) is 0 Å². The largest absolute Gasteiger partial charge is 0.444 e. The van der Waals surface area contributed by atoms with Gasteiger partial charge in [-0.05, 0) is 52.2 Å². The molecule has 30 heavy (non-hydrogen) atoms. The Hall–Kier alpha value is -2.90. The molecule has 2 aromatic rings. The second-order valence-electron chi connectivity index (χ2n) is 8.72. The summed E-state index contributed by atoms with van der Waals surface area (Å²) in [6.45, 7) is 7.52. The van der Waals surface area contributed by atoms with E-state index in [1.54, 1.807) is 17.1 Å². The van der Waals surface area contributed by atoms with Crippen LogP contribution in [0.15, 0.2) is 24.5 Å². The number of aryl methyl sites for hydroxylation is 1. The number of amides is 2. The predicted molar refractivity (Wildman–Crippen MR) is 115 cm³/mol. The van der Waals surface area contributed by atoms with Gasteiger partial charge in [0.15, 0.2) is 0 Å². The van der Waals surface area contributed by atoms with E-state index in [1.165, 1.54) is 0 Å². The number of carbonyl (C=O) groups is 2. The first-order valence-corrected chi connectivity index (χ1v) is 10.5. The number of rotatable bonds is 2. The first-order valence-electron chi connectivity index (χ1n) is 10.5. The van der Waals surface area contributed by atoms with Gasteiger partial charge in [-0.2, -0.15) is 5.10 Å². The van der Waals surface area contributed by atoms with Crippen LogP contribution in [0, 0.1) is 5.92 Å². The first-order chi connectivity index (χ1) is 14.2. The molecule has 2 bridgehead atoms. The number of anilines is 1. The molecule has 2 unspecified atom stereocenters. The van der Waals surface area contributed by atoms with Crippen LogP contribution in [-0.4, -0.2) is 32.4 Å². The summed E-state index contributed by atoms with van der Waals surface area (Å²) < 4.78 is 7.19. The van der Waals surface area contributed by atoms with Crippen LogP contribution in [0.4, 0.5) is 10.5 Å². The van der Waals surface area contributed by atoms with Gasteiger partial charge in [-0.25, -0.2) is 4.79 Å². The Morgan fingerprint density at radius 3 is 2.83 bits per heavy atom. The van der Waals surface area contributed by atoms with Gasteiger partial charge in [0.05, 0.1) is 29.3 Å². The van der Waals surface area contributed by atoms with Crippen molar-refractivity contribution in [3.63, 3.8) is 0 Å². The van der Waals surface area contributed by atoms with Crippen LogP contribution in [0.5, 0.6) is 0 Å². The van der Waals surface area contributed by atoms with Crippen molar-refractivity contribution in [1.29, 1.82) is 0 Å². The minimum absolute atomic E-state index is 0.00162. The van der Waals surface area contributed by atoms with Crippen LogP contribution in [-0.2, 0) is 16.6 Å². The van der Waals surface area contributed by atoms with Crippen molar-refractivity contribution in [2.24, 2.45) is 13.0 Å². The van der Waals surface area contributed by atoms with Crippen molar-refractivity contribution in [2.75, 3.05) is 5.32 Å². The quantitative estimate of drug-likeness (QED) is 0.769. The average Bonchev–Trinajstić information content (AvgIpc) is 3.02. The number of nitrogens with zero attached hydrogens (tertiary/aromatic N) is 3. The zero-order chi connectivity index (χ0) is 21.9. The Morgan fingerprint density at radius 2 is 2.13 bits per heavy atom. The van der Waals surface area contributed by atoms with Crippen molar-refractivity contribution < 1.29 is 14.3 Å². The molecule has 2 aromatic heterocycles. The lowest BCUT2D eigenvalue weighted by atomic mass is 9.94. The number of hydrogen-bond acceptors (Lipinski definition) is 5. The van der Waals surface area contributed by atoms with E-state index in [0.29, 0.717) is 12.1 Å². The Balaban J connectivity index is 1.99. The fraction of sp³-hybridized carbons (Fsp3) is 0.545. The molecule has 0 radical (unpaired) electrons. The van der Waals surface area contributed by atoms with Gasteiger partial charge in [-0.1, -0.05) is 13.3 Å². The summed E-state index contributed by atoms with van der Waals surface area (Å²) in [6.07, 6.45) is 5.82. The van der Waals surface area contributed by atoms with E-state index in [-0.39, 0.29) is 17.9 Å². The van der Waals surface area contributed by atoms with Crippen LogP contribution in [0.25, 0.3) is 11.3 Å². The molecule has 0 aromatic carbocycles. The second kappa shape index (κ2) is 8.85. The lowest BCUT2D eigenvalue weighted by molar-refractivity contribution is -0.120. The summed E-state index contributed by atoms with van der Waals surface area (Å²) in [6, 6.07) is 3.51. The highest BCUT2D eigenvalue weighted by Crippen LogP contribution is 2.32. The Morgan fingerprint density at radius 1 is 1.37 bits per heavy atom. The Kier molecular flexibility index (Phi) is 6.43. The maximum Gasteiger partial charge on any atom is 0.408 e. The van der Waals surface area contributed by atoms with Crippen molar-refractivity contribution in [1.82, 2.24) is 20.1 Å². The molecule has 1 aliphatic heterocycles. The van der Waals surface area contributed by atoms with Crippen LogP contribution in [0.1, 0.15) is 65.1 Å². The molecule has 0 spiro atoms. The topological polar surface area (TPSA) is 98.1 Å². The molecule has 0 fully saturated rings. The van der Waals surface area contributed by atoms with Crippen LogP contribution >= 0.6 is 0 Å². The molecule has 1 aliphatic rings. The summed E-state index contributed by atoms with van der Waals surface area (Å²) in [5.41, 5.74) is 2.53. The molecule has 0 aliphatic carbocycles. The Bertz CT molecular complexity index is 916. The third-order valence-electron chi connectivity index (χ3n) is 5.21. The summed E-state index contributed by atoms with van der Waals surface area (Å²) in [5.74, 6) is -0.107. The molecular weight excluding hydrogens is 382 g/mol. The van der Waals surface area contributed by atoms with Gasteiger partial charge in [0.1, 0.15) is 5.60 Å². The third kappa shape index (κ3) is 5.17. The lowest BCUT2D eigenvalue weighted by Gasteiger charge is -2.25. The van der Waals surface area contributed by atoms with Gasteiger partial charge >= 0.3 is 6.09 Å². The van der Waals surface area contributed by atoms with Crippen molar-refractivity contribution in [2.45, 2.75) is 65.0 Å². The molecule has 0 saturated carbocycles. The van der Waals surface area contributed by atoms with E-state index in [2.05, 4.69) is 20.7 Å². The second-order valence-corrected chi connectivity index (χ2v) is 8.72. The smallest absolute Gasteiger partial charge is 0.408 e. The van der Waals surface area contributed by atoms with Crippen molar-refractivity contribution in [3.8, 4) is 11.3 Å². The van der Waals surface area contributed by atoms with Crippen molar-refractivity contribution in [3.05, 3.63) is 30.2 Å². The van der Waals surface area contributed by atoms with Gasteiger partial charge in [0.25, 0.3) is 0 Å². The molecule has 162 valence electrons. The fourth-order valence-corrected chi connectivity index (χ4v) is 3.73. The lowest BCUT2D eigenvalue weighted by Crippen LogP contribution is -2.35. The van der Waals surface area contributed by atoms with Crippen LogP contribution in [0.3, 0.4) is 0 Å². The molecule has 3 rings (SSSR count). The molecule has 8 nitrogen and oxygen atoms in total. The average molecular weight is 414 g/mol. The van der Waals surface area contributed by atoms with Gasteiger partial charge in [0.2, 0.25) is 5.91 Å². The Labute approximate surface area is 177 Å². The first kappa shape index (κ1) is 21.8. The molecular formula is C22H31N5O3. The maximum absolute atomic E-state index is 12.8. The zero-order valence-corrected chi connectivity index (χ0v) is 18.4. The van der Waals surface area contributed by atoms with E-state index in [0.717, 1.165) is 36.2 Å². The summed E-state index contributed by atoms with van der Waals surface area (Å²) in [4.78, 5) is 29.8. The molecule has 3 heterocycles. The number of hydrogen-bond donors (Lipinski definition) is 2. The highest BCUT2D eigenvalue weighted by atomic mass is 16.6. The number of pyridine rings is 1. The SMILES string of the molecule is CCC1CCCC(NC(=O)OC(C)(C)C)c2cc(ccn2)-c2c(cnn2C)NC1=O. The number of carbonyl (C=O) groups excluding carboxylic acids is 2. The standard InChI is InChI=1S/C22H31N5O3/c1-6-14-8-7-9-16(26-21(29)30-22(2,3)4)17-12-15(10-11-23-17)19-18(25-20(14)28)13-24-27(19)5/h10-14,16H,6-9H2,1-5H3,(H,25,28)(H,26,29).